The lowest BCUT2D eigenvalue weighted by Gasteiger charge is -2.08. The number of nitrogens with one attached hydrogen (secondary N) is 3. The van der Waals surface area contributed by atoms with E-state index in [1.54, 1.807) is 12.1 Å². The van der Waals surface area contributed by atoms with Gasteiger partial charge in [-0.15, -0.1) is 0 Å². The van der Waals surface area contributed by atoms with Gasteiger partial charge in [-0.1, -0.05) is 18.2 Å². The number of nitrogens with zero attached hydrogens (tertiary/aromatic N) is 1. The Hall–Kier alpha value is -3.41. The molecule has 0 unspecified atom stereocenters. The van der Waals surface area contributed by atoms with Crippen LogP contribution in [0.15, 0.2) is 71.8 Å². The lowest BCUT2D eigenvalue weighted by molar-refractivity contribution is 0.102. The number of carbonyl (C=O) groups is 1. The van der Waals surface area contributed by atoms with E-state index < -0.39 is 0 Å². The van der Waals surface area contributed by atoms with Crippen molar-refractivity contribution in [1.82, 2.24) is 9.97 Å². The van der Waals surface area contributed by atoms with Crippen molar-refractivity contribution in [2.75, 3.05) is 10.6 Å². The van der Waals surface area contributed by atoms with Crippen LogP contribution in [0.25, 0.3) is 0 Å². The molecule has 0 saturated heterocycles. The summed E-state index contributed by atoms with van der Waals surface area (Å²) in [6, 6.07) is 17.1. The Morgan fingerprint density at radius 3 is 2.22 bits per heavy atom. The molecule has 2 aromatic carbocycles. The number of benzene rings is 2. The van der Waals surface area contributed by atoms with Crippen LogP contribution >= 0.6 is 0 Å². The molecule has 0 bridgehead atoms. The van der Waals surface area contributed by atoms with Crippen LogP contribution in [0.4, 0.5) is 17.1 Å². The zero-order valence-electron chi connectivity index (χ0n) is 12.1. The van der Waals surface area contributed by atoms with Crippen molar-refractivity contribution in [2.45, 2.75) is 0 Å². The van der Waals surface area contributed by atoms with Crippen LogP contribution < -0.4 is 16.2 Å². The average molecular weight is 306 g/mol. The number of aromatic amines is 1. The van der Waals surface area contributed by atoms with Crippen molar-refractivity contribution in [2.24, 2.45) is 0 Å². The fourth-order valence-corrected chi connectivity index (χ4v) is 1.99. The standard InChI is InChI=1S/C17H14N4O2/c22-16-11-18-15(10-19-16)17(23)21-14-8-6-13(7-9-14)20-12-4-2-1-3-5-12/h1-11,20H,(H,19,22)(H,21,23). The van der Waals surface area contributed by atoms with E-state index in [0.29, 0.717) is 5.69 Å². The van der Waals surface area contributed by atoms with Gasteiger partial charge in [-0.25, -0.2) is 4.98 Å². The molecule has 0 fully saturated rings. The van der Waals surface area contributed by atoms with E-state index in [9.17, 15) is 9.59 Å². The van der Waals surface area contributed by atoms with E-state index in [0.717, 1.165) is 17.6 Å². The number of anilines is 3. The summed E-state index contributed by atoms with van der Waals surface area (Å²) in [5.41, 5.74) is 2.34. The Balaban J connectivity index is 1.66. The van der Waals surface area contributed by atoms with E-state index in [-0.39, 0.29) is 17.2 Å². The van der Waals surface area contributed by atoms with Gasteiger partial charge >= 0.3 is 0 Å². The zero-order chi connectivity index (χ0) is 16.1. The van der Waals surface area contributed by atoms with Crippen molar-refractivity contribution >= 4 is 23.0 Å². The molecule has 1 amide bonds. The molecular formula is C17H14N4O2. The molecule has 0 saturated carbocycles. The first-order valence-electron chi connectivity index (χ1n) is 6.99. The Bertz CT molecular complexity index is 837. The van der Waals surface area contributed by atoms with Gasteiger partial charge in [0.05, 0.1) is 6.20 Å². The Morgan fingerprint density at radius 2 is 1.57 bits per heavy atom. The van der Waals surface area contributed by atoms with Crippen LogP contribution in [-0.4, -0.2) is 15.9 Å². The Morgan fingerprint density at radius 1 is 0.913 bits per heavy atom. The first kappa shape index (κ1) is 14.5. The molecule has 6 nitrogen and oxygen atoms in total. The number of hydrogen-bond acceptors (Lipinski definition) is 4. The number of rotatable bonds is 4. The van der Waals surface area contributed by atoms with Crippen molar-refractivity contribution in [3.63, 3.8) is 0 Å². The summed E-state index contributed by atoms with van der Waals surface area (Å²) in [5.74, 6) is -0.384. The SMILES string of the molecule is O=C(Nc1ccc(Nc2ccccc2)cc1)c1c[nH]c(=O)cn1. The van der Waals surface area contributed by atoms with Gasteiger partial charge in [-0.3, -0.25) is 9.59 Å². The van der Waals surface area contributed by atoms with Gasteiger partial charge in [0.1, 0.15) is 5.69 Å². The first-order chi connectivity index (χ1) is 11.2. The molecule has 0 aliphatic heterocycles. The van der Waals surface area contributed by atoms with Gasteiger partial charge in [-0.2, -0.15) is 0 Å². The summed E-state index contributed by atoms with van der Waals surface area (Å²) in [6.45, 7) is 0. The van der Waals surface area contributed by atoms with Crippen LogP contribution in [0.1, 0.15) is 10.5 Å². The summed E-state index contributed by atoms with van der Waals surface area (Å²) >= 11 is 0. The van der Waals surface area contributed by atoms with Crippen molar-refractivity contribution in [3.8, 4) is 0 Å². The highest BCUT2D eigenvalue weighted by molar-refractivity contribution is 6.02. The molecule has 3 N–H and O–H groups in total. The fraction of sp³-hybridized carbons (Fsp3) is 0. The number of aromatic nitrogens is 2. The molecule has 6 heteroatoms. The minimum Gasteiger partial charge on any atom is -0.356 e. The van der Waals surface area contributed by atoms with Crippen molar-refractivity contribution in [1.29, 1.82) is 0 Å². The van der Waals surface area contributed by atoms with Crippen molar-refractivity contribution in [3.05, 3.63) is 83.0 Å². The Labute approximate surface area is 132 Å². The number of para-hydroxylation sites is 1. The second kappa shape index (κ2) is 6.57. The summed E-state index contributed by atoms with van der Waals surface area (Å²) < 4.78 is 0. The zero-order valence-corrected chi connectivity index (χ0v) is 12.1. The van der Waals surface area contributed by atoms with Gasteiger partial charge in [0.2, 0.25) is 0 Å². The first-order valence-corrected chi connectivity index (χ1v) is 6.99. The Kier molecular flexibility index (Phi) is 4.15. The van der Waals surface area contributed by atoms with Gasteiger partial charge in [0.25, 0.3) is 11.5 Å². The van der Waals surface area contributed by atoms with Crippen LogP contribution in [0.3, 0.4) is 0 Å². The van der Waals surface area contributed by atoms with Gasteiger partial charge in [0, 0.05) is 23.3 Å². The molecule has 0 aliphatic rings. The van der Waals surface area contributed by atoms with Crippen LogP contribution in [-0.2, 0) is 0 Å². The van der Waals surface area contributed by atoms with E-state index >= 15 is 0 Å². The van der Waals surface area contributed by atoms with Crippen molar-refractivity contribution < 1.29 is 4.79 Å². The largest absolute Gasteiger partial charge is 0.356 e. The number of carbonyl (C=O) groups excluding carboxylic acids is 1. The number of H-pyrrole nitrogens is 1. The minimum atomic E-state index is -0.384. The van der Waals surface area contributed by atoms with E-state index in [4.69, 9.17) is 0 Å². The maximum atomic E-state index is 12.0. The topological polar surface area (TPSA) is 86.9 Å². The monoisotopic (exact) mass is 306 g/mol. The van der Waals surface area contributed by atoms with Gasteiger partial charge in [0.15, 0.2) is 0 Å². The second-order valence-corrected chi connectivity index (χ2v) is 4.82. The van der Waals surface area contributed by atoms with E-state index in [1.807, 2.05) is 42.5 Å². The molecule has 0 radical (unpaired) electrons. The predicted octanol–water partition coefficient (Wildman–Crippen LogP) is 2.77. The third-order valence-corrected chi connectivity index (χ3v) is 3.11. The maximum absolute atomic E-state index is 12.0. The smallest absolute Gasteiger partial charge is 0.275 e. The molecule has 3 rings (SSSR count). The molecule has 0 atom stereocenters. The highest BCUT2D eigenvalue weighted by Crippen LogP contribution is 2.18. The fourth-order valence-electron chi connectivity index (χ4n) is 1.99. The van der Waals surface area contributed by atoms with E-state index in [2.05, 4.69) is 20.6 Å². The molecule has 0 aliphatic carbocycles. The minimum absolute atomic E-state index is 0.149. The molecule has 1 heterocycles. The lowest BCUT2D eigenvalue weighted by Crippen LogP contribution is -2.16. The summed E-state index contributed by atoms with van der Waals surface area (Å²) in [6.07, 6.45) is 2.35. The maximum Gasteiger partial charge on any atom is 0.275 e. The average Bonchev–Trinajstić information content (AvgIpc) is 2.58. The van der Waals surface area contributed by atoms with Gasteiger partial charge < -0.3 is 15.6 Å². The molecule has 3 aromatic rings. The van der Waals surface area contributed by atoms with Crippen LogP contribution in [0, 0.1) is 0 Å². The molecular weight excluding hydrogens is 292 g/mol. The number of amides is 1. The molecule has 23 heavy (non-hydrogen) atoms. The van der Waals surface area contributed by atoms with Crippen LogP contribution in [0.2, 0.25) is 0 Å². The molecule has 0 spiro atoms. The molecule has 114 valence electrons. The quantitative estimate of drug-likeness (QED) is 0.691. The van der Waals surface area contributed by atoms with Gasteiger partial charge in [-0.05, 0) is 36.4 Å². The molecule has 1 aromatic heterocycles. The highest BCUT2D eigenvalue weighted by Gasteiger charge is 2.07. The lowest BCUT2D eigenvalue weighted by atomic mass is 10.2. The van der Waals surface area contributed by atoms with E-state index in [1.165, 1.54) is 6.20 Å². The summed E-state index contributed by atoms with van der Waals surface area (Å²) in [7, 11) is 0. The second-order valence-electron chi connectivity index (χ2n) is 4.82. The highest BCUT2D eigenvalue weighted by atomic mass is 16.2. The normalized spacial score (nSPS) is 10.1. The number of hydrogen-bond donors (Lipinski definition) is 3. The third kappa shape index (κ3) is 3.82. The predicted molar refractivity (Wildman–Crippen MR) is 89.0 cm³/mol. The summed E-state index contributed by atoms with van der Waals surface area (Å²) in [4.78, 5) is 29.1. The third-order valence-electron chi connectivity index (χ3n) is 3.11. The van der Waals surface area contributed by atoms with Crippen LogP contribution in [0.5, 0.6) is 0 Å². The summed E-state index contributed by atoms with van der Waals surface area (Å²) in [5, 5.41) is 5.98.